The lowest BCUT2D eigenvalue weighted by Crippen LogP contribution is -2.14. The fraction of sp³-hybridized carbons (Fsp3) is 0.125. The van der Waals surface area contributed by atoms with Gasteiger partial charge in [-0.1, -0.05) is 0 Å². The number of aromatic nitrogens is 3. The van der Waals surface area contributed by atoms with Crippen LogP contribution in [0.2, 0.25) is 0 Å². The number of aromatic amines is 1. The Morgan fingerprint density at radius 2 is 1.95 bits per heavy atom. The molecule has 0 saturated carbocycles. The number of nitrogens with zero attached hydrogens (tertiary/aromatic N) is 2. The van der Waals surface area contributed by atoms with Gasteiger partial charge in [-0.2, -0.15) is 0 Å². The zero-order valence-electron chi connectivity index (χ0n) is 11.8. The summed E-state index contributed by atoms with van der Waals surface area (Å²) in [6.45, 7) is 2.38. The first-order valence-corrected chi connectivity index (χ1v) is 6.69. The molecule has 0 aliphatic rings. The number of nitrogens with one attached hydrogen (secondary N) is 1. The van der Waals surface area contributed by atoms with Crippen LogP contribution in [0.3, 0.4) is 0 Å². The number of halogens is 2. The van der Waals surface area contributed by atoms with Crippen LogP contribution in [0.4, 0.5) is 8.78 Å². The van der Waals surface area contributed by atoms with Crippen molar-refractivity contribution in [3.8, 4) is 11.1 Å². The molecule has 2 aromatic heterocycles. The molecule has 2 heterocycles. The van der Waals surface area contributed by atoms with Gasteiger partial charge >= 0.3 is 0 Å². The Balaban J connectivity index is 1.96. The van der Waals surface area contributed by atoms with Crippen molar-refractivity contribution >= 4 is 0 Å². The van der Waals surface area contributed by atoms with Crippen LogP contribution in [0.15, 0.2) is 47.7 Å². The maximum absolute atomic E-state index is 13.8. The molecule has 6 heteroatoms. The van der Waals surface area contributed by atoms with E-state index in [1.165, 1.54) is 12.1 Å². The van der Waals surface area contributed by atoms with E-state index < -0.39 is 17.2 Å². The van der Waals surface area contributed by atoms with Gasteiger partial charge in [0, 0.05) is 34.8 Å². The molecule has 0 spiro atoms. The second-order valence-corrected chi connectivity index (χ2v) is 5.01. The molecule has 0 bridgehead atoms. The molecule has 112 valence electrons. The topological polar surface area (TPSA) is 50.7 Å². The van der Waals surface area contributed by atoms with E-state index in [9.17, 15) is 13.6 Å². The first kappa shape index (κ1) is 14.2. The number of aryl methyl sites for hydroxylation is 1. The van der Waals surface area contributed by atoms with Gasteiger partial charge in [0.15, 0.2) is 0 Å². The van der Waals surface area contributed by atoms with Crippen molar-refractivity contribution in [3.63, 3.8) is 0 Å². The number of rotatable bonds is 3. The number of imidazole rings is 1. The molecule has 22 heavy (non-hydrogen) atoms. The van der Waals surface area contributed by atoms with Gasteiger partial charge < -0.3 is 9.55 Å². The molecule has 0 atom stereocenters. The molecule has 0 unspecified atom stereocenters. The Hall–Kier alpha value is -2.76. The van der Waals surface area contributed by atoms with E-state index in [-0.39, 0.29) is 11.1 Å². The molecule has 4 nitrogen and oxygen atoms in total. The summed E-state index contributed by atoms with van der Waals surface area (Å²) in [5, 5.41) is 0. The summed E-state index contributed by atoms with van der Waals surface area (Å²) in [6, 6.07) is 6.39. The van der Waals surface area contributed by atoms with E-state index in [2.05, 4.69) is 9.97 Å². The predicted octanol–water partition coefficient (Wildman–Crippen LogP) is 2.87. The van der Waals surface area contributed by atoms with Crippen molar-refractivity contribution in [3.05, 3.63) is 76.2 Å². The average molecular weight is 301 g/mol. The maximum Gasteiger partial charge on any atom is 0.256 e. The molecule has 0 amide bonds. The van der Waals surface area contributed by atoms with Gasteiger partial charge in [-0.05, 0) is 31.2 Å². The van der Waals surface area contributed by atoms with E-state index in [1.807, 2.05) is 11.5 Å². The number of hydrogen-bond donors (Lipinski definition) is 1. The Labute approximate surface area is 125 Å². The summed E-state index contributed by atoms with van der Waals surface area (Å²) in [6.07, 6.45) is 3.39. The van der Waals surface area contributed by atoms with Crippen LogP contribution < -0.4 is 5.56 Å². The fourth-order valence-corrected chi connectivity index (χ4v) is 2.26. The number of pyridine rings is 1. The zero-order valence-corrected chi connectivity index (χ0v) is 11.8. The summed E-state index contributed by atoms with van der Waals surface area (Å²) < 4.78 is 28.6. The normalized spacial score (nSPS) is 10.9. The SMILES string of the molecule is Cc1cncn1Cc1ccc(-c2ccc(F)cc2F)c(=O)[nH]1. The van der Waals surface area contributed by atoms with E-state index in [0.717, 1.165) is 17.8 Å². The summed E-state index contributed by atoms with van der Waals surface area (Å²) >= 11 is 0. The molecule has 0 radical (unpaired) electrons. The van der Waals surface area contributed by atoms with Crippen LogP contribution in [-0.4, -0.2) is 14.5 Å². The average Bonchev–Trinajstić information content (AvgIpc) is 2.86. The number of H-pyrrole nitrogens is 1. The van der Waals surface area contributed by atoms with Crippen molar-refractivity contribution in [2.45, 2.75) is 13.5 Å². The van der Waals surface area contributed by atoms with Crippen molar-refractivity contribution in [2.24, 2.45) is 0 Å². The minimum absolute atomic E-state index is 0.0769. The fourth-order valence-electron chi connectivity index (χ4n) is 2.26. The van der Waals surface area contributed by atoms with Gasteiger partial charge in [-0.3, -0.25) is 4.79 Å². The molecular weight excluding hydrogens is 288 g/mol. The van der Waals surface area contributed by atoms with Crippen LogP contribution in [0.25, 0.3) is 11.1 Å². The second kappa shape index (κ2) is 5.55. The van der Waals surface area contributed by atoms with Crippen LogP contribution >= 0.6 is 0 Å². The monoisotopic (exact) mass is 301 g/mol. The smallest absolute Gasteiger partial charge is 0.256 e. The lowest BCUT2D eigenvalue weighted by atomic mass is 10.1. The van der Waals surface area contributed by atoms with Gasteiger partial charge in [0.25, 0.3) is 5.56 Å². The molecular formula is C16H13F2N3O. The quantitative estimate of drug-likeness (QED) is 0.808. The number of benzene rings is 1. The highest BCUT2D eigenvalue weighted by Crippen LogP contribution is 2.20. The standard InChI is InChI=1S/C16H13F2N3O/c1-10-7-19-9-21(10)8-12-3-5-14(16(22)20-12)13-4-2-11(17)6-15(13)18/h2-7,9H,8H2,1H3,(H,20,22). The largest absolute Gasteiger partial charge is 0.329 e. The van der Waals surface area contributed by atoms with Crippen LogP contribution in [0, 0.1) is 18.6 Å². The molecule has 0 saturated heterocycles. The zero-order chi connectivity index (χ0) is 15.7. The highest BCUT2D eigenvalue weighted by molar-refractivity contribution is 5.63. The van der Waals surface area contributed by atoms with E-state index in [1.54, 1.807) is 18.6 Å². The Bertz CT molecular complexity index is 883. The van der Waals surface area contributed by atoms with Crippen molar-refractivity contribution in [1.29, 1.82) is 0 Å². The van der Waals surface area contributed by atoms with Gasteiger partial charge in [-0.15, -0.1) is 0 Å². The van der Waals surface area contributed by atoms with Crippen molar-refractivity contribution < 1.29 is 8.78 Å². The minimum Gasteiger partial charge on any atom is -0.329 e. The Morgan fingerprint density at radius 3 is 2.59 bits per heavy atom. The molecule has 3 aromatic rings. The van der Waals surface area contributed by atoms with E-state index in [0.29, 0.717) is 12.2 Å². The lowest BCUT2D eigenvalue weighted by molar-refractivity contribution is 0.585. The molecule has 1 N–H and O–H groups in total. The van der Waals surface area contributed by atoms with Crippen LogP contribution in [-0.2, 0) is 6.54 Å². The highest BCUT2D eigenvalue weighted by Gasteiger charge is 2.10. The third kappa shape index (κ3) is 2.67. The highest BCUT2D eigenvalue weighted by atomic mass is 19.1. The molecule has 0 aliphatic carbocycles. The van der Waals surface area contributed by atoms with Gasteiger partial charge in [0.05, 0.1) is 12.9 Å². The van der Waals surface area contributed by atoms with E-state index >= 15 is 0 Å². The molecule has 1 aromatic carbocycles. The lowest BCUT2D eigenvalue weighted by Gasteiger charge is -2.07. The van der Waals surface area contributed by atoms with Crippen molar-refractivity contribution in [2.75, 3.05) is 0 Å². The Kier molecular flexibility index (Phi) is 3.58. The summed E-state index contributed by atoms with van der Waals surface area (Å²) in [7, 11) is 0. The van der Waals surface area contributed by atoms with Gasteiger partial charge in [0.2, 0.25) is 0 Å². The first-order chi connectivity index (χ1) is 10.5. The third-order valence-corrected chi connectivity index (χ3v) is 3.45. The predicted molar refractivity (Wildman–Crippen MR) is 78.5 cm³/mol. The molecule has 3 rings (SSSR count). The molecule has 0 fully saturated rings. The third-order valence-electron chi connectivity index (χ3n) is 3.45. The summed E-state index contributed by atoms with van der Waals surface area (Å²) in [4.78, 5) is 18.9. The first-order valence-electron chi connectivity index (χ1n) is 6.69. The number of hydrogen-bond acceptors (Lipinski definition) is 2. The Morgan fingerprint density at radius 1 is 1.18 bits per heavy atom. The van der Waals surface area contributed by atoms with Crippen LogP contribution in [0.5, 0.6) is 0 Å². The van der Waals surface area contributed by atoms with Crippen molar-refractivity contribution in [1.82, 2.24) is 14.5 Å². The maximum atomic E-state index is 13.8. The van der Waals surface area contributed by atoms with Crippen LogP contribution in [0.1, 0.15) is 11.4 Å². The summed E-state index contributed by atoms with van der Waals surface area (Å²) in [5.41, 5.74) is 1.48. The van der Waals surface area contributed by atoms with Gasteiger partial charge in [-0.25, -0.2) is 13.8 Å². The molecule has 0 aliphatic heterocycles. The summed E-state index contributed by atoms with van der Waals surface area (Å²) in [5.74, 6) is -1.44. The minimum atomic E-state index is -0.760. The van der Waals surface area contributed by atoms with Gasteiger partial charge in [0.1, 0.15) is 11.6 Å². The van der Waals surface area contributed by atoms with E-state index in [4.69, 9.17) is 0 Å². The second-order valence-electron chi connectivity index (χ2n) is 5.01.